The number of hydrogen-bond donors (Lipinski definition) is 2. The highest BCUT2D eigenvalue weighted by Crippen LogP contribution is 2.28. The number of halogens is 1. The van der Waals surface area contributed by atoms with Crippen molar-refractivity contribution in [1.82, 2.24) is 20.2 Å². The van der Waals surface area contributed by atoms with Gasteiger partial charge in [0.25, 0.3) is 5.91 Å². The molecule has 1 aromatic carbocycles. The van der Waals surface area contributed by atoms with Crippen LogP contribution in [-0.4, -0.2) is 76.9 Å². The number of aliphatic hydroxyl groups excluding tert-OH is 1. The average molecular weight is 553 g/mol. The maximum atomic E-state index is 12.8. The van der Waals surface area contributed by atoms with Gasteiger partial charge in [0, 0.05) is 57.2 Å². The first-order valence-corrected chi connectivity index (χ1v) is 14.5. The summed E-state index contributed by atoms with van der Waals surface area (Å²) < 4.78 is 6.05. The summed E-state index contributed by atoms with van der Waals surface area (Å²) in [4.78, 5) is 26.5. The Labute approximate surface area is 235 Å². The number of amides is 1. The number of carbonyl (C=O) groups is 1. The van der Waals surface area contributed by atoms with Crippen molar-refractivity contribution in [2.75, 3.05) is 37.6 Å². The van der Waals surface area contributed by atoms with Gasteiger partial charge in [0.2, 0.25) is 5.95 Å². The fourth-order valence-electron chi connectivity index (χ4n) is 5.83. The Morgan fingerprint density at radius 2 is 1.74 bits per heavy atom. The molecule has 10 heteroatoms. The van der Waals surface area contributed by atoms with Gasteiger partial charge >= 0.3 is 0 Å². The van der Waals surface area contributed by atoms with Crippen LogP contribution in [0.4, 0.5) is 5.95 Å². The van der Waals surface area contributed by atoms with E-state index in [0.717, 1.165) is 84.1 Å². The van der Waals surface area contributed by atoms with Crippen molar-refractivity contribution in [3.63, 3.8) is 0 Å². The lowest BCUT2D eigenvalue weighted by atomic mass is 9.92. The van der Waals surface area contributed by atoms with Gasteiger partial charge in [0.05, 0.1) is 28.4 Å². The fourth-order valence-corrected chi connectivity index (χ4v) is 6.04. The van der Waals surface area contributed by atoms with Gasteiger partial charge in [0.15, 0.2) is 0 Å². The number of hydrogen-bond acceptors (Lipinski definition) is 8. The molecule has 2 saturated heterocycles. The molecule has 1 aliphatic carbocycles. The summed E-state index contributed by atoms with van der Waals surface area (Å²) >= 11 is 6.11. The van der Waals surface area contributed by atoms with Crippen LogP contribution in [0.2, 0.25) is 5.02 Å². The molecule has 2 aromatic rings. The fraction of sp³-hybridized carbons (Fsp3) is 0.586. The van der Waals surface area contributed by atoms with Gasteiger partial charge in [-0.2, -0.15) is 5.26 Å². The number of piperidine rings is 2. The molecule has 39 heavy (non-hydrogen) atoms. The normalized spacial score (nSPS) is 23.3. The summed E-state index contributed by atoms with van der Waals surface area (Å²) in [6.45, 7) is 4.95. The van der Waals surface area contributed by atoms with E-state index in [-0.39, 0.29) is 24.2 Å². The second-order valence-electron chi connectivity index (χ2n) is 11.1. The van der Waals surface area contributed by atoms with Crippen molar-refractivity contribution in [2.24, 2.45) is 5.92 Å². The smallest absolute Gasteiger partial charge is 0.254 e. The van der Waals surface area contributed by atoms with E-state index in [1.807, 2.05) is 0 Å². The van der Waals surface area contributed by atoms with Crippen molar-refractivity contribution in [2.45, 2.75) is 69.6 Å². The highest BCUT2D eigenvalue weighted by atomic mass is 35.5. The van der Waals surface area contributed by atoms with Crippen LogP contribution in [0, 0.1) is 17.2 Å². The Morgan fingerprint density at radius 1 is 1.05 bits per heavy atom. The summed E-state index contributed by atoms with van der Waals surface area (Å²) in [5.41, 5.74) is 0.912. The minimum absolute atomic E-state index is 0.0571. The lowest BCUT2D eigenvalue weighted by Gasteiger charge is -2.36. The number of nitrogens with one attached hydrogen (secondary N) is 1. The van der Waals surface area contributed by atoms with Crippen LogP contribution >= 0.6 is 11.6 Å². The zero-order valence-corrected chi connectivity index (χ0v) is 23.0. The molecule has 3 heterocycles. The van der Waals surface area contributed by atoms with E-state index in [4.69, 9.17) is 21.6 Å². The van der Waals surface area contributed by atoms with Crippen LogP contribution in [0.1, 0.15) is 67.3 Å². The molecular formula is C29H37ClN6O3. The third-order valence-electron chi connectivity index (χ3n) is 8.24. The Hall–Kier alpha value is -2.93. The number of nitrogens with zero attached hydrogens (tertiary/aromatic N) is 5. The molecular weight excluding hydrogens is 516 g/mol. The number of rotatable bonds is 7. The summed E-state index contributed by atoms with van der Waals surface area (Å²) in [5.74, 6) is 1.88. The van der Waals surface area contributed by atoms with Crippen LogP contribution in [-0.2, 0) is 0 Å². The number of anilines is 1. The molecule has 1 amide bonds. The molecule has 0 spiro atoms. The molecule has 208 valence electrons. The van der Waals surface area contributed by atoms with E-state index in [1.54, 1.807) is 30.6 Å². The molecule has 1 saturated carbocycles. The van der Waals surface area contributed by atoms with E-state index in [1.165, 1.54) is 0 Å². The van der Waals surface area contributed by atoms with E-state index in [9.17, 15) is 9.90 Å². The van der Waals surface area contributed by atoms with Gasteiger partial charge in [-0.3, -0.25) is 4.79 Å². The average Bonchev–Trinajstić information content (AvgIpc) is 2.96. The third-order valence-corrected chi connectivity index (χ3v) is 8.56. The second kappa shape index (κ2) is 12.9. The minimum atomic E-state index is -0.143. The highest BCUT2D eigenvalue weighted by Gasteiger charge is 2.26. The van der Waals surface area contributed by atoms with Crippen molar-refractivity contribution in [3.8, 4) is 11.8 Å². The van der Waals surface area contributed by atoms with Crippen LogP contribution in [0.5, 0.6) is 5.75 Å². The Bertz CT molecular complexity index is 1150. The number of aliphatic hydroxyl groups is 1. The molecule has 9 nitrogen and oxygen atoms in total. The van der Waals surface area contributed by atoms with Gasteiger partial charge < -0.3 is 25.0 Å². The Balaban J connectivity index is 1.03. The maximum absolute atomic E-state index is 12.8. The zero-order chi connectivity index (χ0) is 27.2. The number of carbonyl (C=O) groups excluding carboxylic acids is 1. The largest absolute Gasteiger partial charge is 0.490 e. The van der Waals surface area contributed by atoms with Crippen molar-refractivity contribution in [3.05, 3.63) is 46.7 Å². The van der Waals surface area contributed by atoms with Gasteiger partial charge in [-0.25, -0.2) is 9.97 Å². The number of nitriles is 1. The topological polar surface area (TPSA) is 115 Å². The molecule has 0 unspecified atom stereocenters. The van der Waals surface area contributed by atoms with Crippen LogP contribution in [0.25, 0.3) is 0 Å². The van der Waals surface area contributed by atoms with Gasteiger partial charge in [0.1, 0.15) is 11.8 Å². The van der Waals surface area contributed by atoms with Crippen LogP contribution in [0.15, 0.2) is 30.6 Å². The van der Waals surface area contributed by atoms with E-state index >= 15 is 0 Å². The first-order valence-electron chi connectivity index (χ1n) is 14.1. The number of likely N-dealkylation sites (tertiary alicyclic amines) is 1. The monoisotopic (exact) mass is 552 g/mol. The Morgan fingerprint density at radius 3 is 2.38 bits per heavy atom. The van der Waals surface area contributed by atoms with Crippen molar-refractivity contribution >= 4 is 23.5 Å². The molecule has 2 aliphatic heterocycles. The Kier molecular flexibility index (Phi) is 9.17. The summed E-state index contributed by atoms with van der Waals surface area (Å²) in [5, 5.41) is 22.3. The summed E-state index contributed by atoms with van der Waals surface area (Å²) in [7, 11) is 0. The SMILES string of the molecule is N#Cc1ccc(OC2CCC(NC(=O)c3cnc(N4CCC(CN5CCC(O)CC5)CC4)nc3)CC2)cc1Cl. The lowest BCUT2D eigenvalue weighted by molar-refractivity contribution is 0.0723. The van der Waals surface area contributed by atoms with Gasteiger partial charge in [-0.1, -0.05) is 11.6 Å². The number of ether oxygens (including phenoxy) is 1. The molecule has 0 radical (unpaired) electrons. The van der Waals surface area contributed by atoms with Crippen LogP contribution < -0.4 is 15.0 Å². The first-order chi connectivity index (χ1) is 19.0. The molecule has 0 atom stereocenters. The quantitative estimate of drug-likeness (QED) is 0.533. The number of benzene rings is 1. The molecule has 3 fully saturated rings. The van der Waals surface area contributed by atoms with Crippen LogP contribution in [0.3, 0.4) is 0 Å². The van der Waals surface area contributed by atoms with E-state index < -0.39 is 0 Å². The lowest BCUT2D eigenvalue weighted by Crippen LogP contribution is -2.42. The predicted octanol–water partition coefficient (Wildman–Crippen LogP) is 3.79. The van der Waals surface area contributed by atoms with Crippen molar-refractivity contribution in [1.29, 1.82) is 5.26 Å². The number of aromatic nitrogens is 2. The van der Waals surface area contributed by atoms with E-state index in [2.05, 4.69) is 31.2 Å². The van der Waals surface area contributed by atoms with Gasteiger partial charge in [-0.15, -0.1) is 0 Å². The zero-order valence-electron chi connectivity index (χ0n) is 22.3. The summed E-state index contributed by atoms with van der Waals surface area (Å²) in [6.07, 6.45) is 10.5. The van der Waals surface area contributed by atoms with Crippen molar-refractivity contribution < 1.29 is 14.6 Å². The minimum Gasteiger partial charge on any atom is -0.490 e. The molecule has 2 N–H and O–H groups in total. The first kappa shape index (κ1) is 27.6. The molecule has 5 rings (SSSR count). The van der Waals surface area contributed by atoms with E-state index in [0.29, 0.717) is 33.8 Å². The highest BCUT2D eigenvalue weighted by molar-refractivity contribution is 6.31. The molecule has 3 aliphatic rings. The second-order valence-corrected chi connectivity index (χ2v) is 11.5. The van der Waals surface area contributed by atoms with Gasteiger partial charge in [-0.05, 0) is 69.4 Å². The third kappa shape index (κ3) is 7.38. The molecule has 0 bridgehead atoms. The molecule has 1 aromatic heterocycles. The predicted molar refractivity (Wildman–Crippen MR) is 149 cm³/mol. The maximum Gasteiger partial charge on any atom is 0.254 e. The standard InChI is InChI=1S/C29H37ClN6O3/c30-27-15-26(4-1-21(27)16-31)39-25-5-2-23(3-6-25)34-28(38)22-17-32-29(33-18-22)36-13-7-20(8-14-36)19-35-11-9-24(37)10-12-35/h1,4,15,17-18,20,23-25,37H,2-3,5-14,19H2,(H,34,38). The summed E-state index contributed by atoms with van der Waals surface area (Å²) in [6, 6.07) is 7.26.